The van der Waals surface area contributed by atoms with Crippen LogP contribution in [0.5, 0.6) is 0 Å². The van der Waals surface area contributed by atoms with Gasteiger partial charge in [0.2, 0.25) is 0 Å². The van der Waals surface area contributed by atoms with Crippen LogP contribution < -0.4 is 0 Å². The molecule has 0 nitrogen and oxygen atoms in total. The smallest absolute Gasteiger partial charge is 0.0233 e. The average Bonchev–Trinajstić information content (AvgIpc) is 2.23. The Hall–Kier alpha value is 0.430. The largest absolute Gasteiger partial charge is 0.134 e. The molecule has 46 valence electrons. The van der Waals surface area contributed by atoms with E-state index in [0.717, 1.165) is 17.5 Å². The molecular formula is C7H13P. The van der Waals surface area contributed by atoms with Gasteiger partial charge in [0.15, 0.2) is 0 Å². The summed E-state index contributed by atoms with van der Waals surface area (Å²) < 4.78 is 0. The van der Waals surface area contributed by atoms with Crippen molar-refractivity contribution in [1.29, 1.82) is 0 Å². The highest BCUT2D eigenvalue weighted by molar-refractivity contribution is 7.17. The van der Waals surface area contributed by atoms with Crippen LogP contribution in [-0.4, -0.2) is 5.66 Å². The van der Waals surface area contributed by atoms with E-state index < -0.39 is 0 Å². The Morgan fingerprint density at radius 2 is 2.00 bits per heavy atom. The van der Waals surface area contributed by atoms with E-state index in [1.807, 2.05) is 0 Å². The van der Waals surface area contributed by atoms with Gasteiger partial charge in [-0.05, 0) is 36.8 Å². The third-order valence-corrected chi connectivity index (χ3v) is 3.61. The summed E-state index contributed by atoms with van der Waals surface area (Å²) >= 11 is 0. The lowest BCUT2D eigenvalue weighted by molar-refractivity contribution is 0.492. The maximum absolute atomic E-state index is 2.99. The van der Waals surface area contributed by atoms with Crippen molar-refractivity contribution in [1.82, 2.24) is 0 Å². The molecule has 0 spiro atoms. The second kappa shape index (κ2) is 1.70. The van der Waals surface area contributed by atoms with Crippen LogP contribution in [0.4, 0.5) is 0 Å². The van der Waals surface area contributed by atoms with Gasteiger partial charge in [-0.3, -0.25) is 0 Å². The van der Waals surface area contributed by atoms with Gasteiger partial charge in [0.1, 0.15) is 0 Å². The first kappa shape index (κ1) is 5.23. The molecule has 2 bridgehead atoms. The van der Waals surface area contributed by atoms with Crippen molar-refractivity contribution in [3.8, 4) is 0 Å². The molecular weight excluding hydrogens is 115 g/mol. The molecule has 2 saturated carbocycles. The minimum Gasteiger partial charge on any atom is -0.134 e. The van der Waals surface area contributed by atoms with Crippen LogP contribution >= 0.6 is 9.24 Å². The van der Waals surface area contributed by atoms with Gasteiger partial charge in [-0.2, -0.15) is 0 Å². The van der Waals surface area contributed by atoms with Crippen LogP contribution in [0.2, 0.25) is 0 Å². The number of fused-ring (bicyclic) bond motifs is 2. The fourth-order valence-corrected chi connectivity index (χ4v) is 3.03. The van der Waals surface area contributed by atoms with E-state index in [9.17, 15) is 0 Å². The predicted molar refractivity (Wildman–Crippen MR) is 38.9 cm³/mol. The van der Waals surface area contributed by atoms with Gasteiger partial charge in [0, 0.05) is 0 Å². The average molecular weight is 128 g/mol. The minimum atomic E-state index is 0.994. The van der Waals surface area contributed by atoms with Crippen LogP contribution in [-0.2, 0) is 0 Å². The van der Waals surface area contributed by atoms with Gasteiger partial charge in [0.05, 0.1) is 0 Å². The van der Waals surface area contributed by atoms with Gasteiger partial charge < -0.3 is 0 Å². The zero-order valence-corrected chi connectivity index (χ0v) is 6.29. The summed E-state index contributed by atoms with van der Waals surface area (Å²) in [6.45, 7) is 0. The maximum atomic E-state index is 2.99. The SMILES string of the molecule is P[C@H]1C[C@@H]2CCC1C2. The summed E-state index contributed by atoms with van der Waals surface area (Å²) in [6, 6.07) is 0. The summed E-state index contributed by atoms with van der Waals surface area (Å²) in [5.74, 6) is 2.23. The molecule has 0 N–H and O–H groups in total. The topological polar surface area (TPSA) is 0 Å². The zero-order chi connectivity index (χ0) is 5.56. The molecule has 2 aliphatic carbocycles. The van der Waals surface area contributed by atoms with Crippen molar-refractivity contribution in [2.45, 2.75) is 31.3 Å². The molecule has 2 fully saturated rings. The van der Waals surface area contributed by atoms with Crippen molar-refractivity contribution in [2.24, 2.45) is 11.8 Å². The van der Waals surface area contributed by atoms with Crippen molar-refractivity contribution in [2.75, 3.05) is 0 Å². The second-order valence-corrected chi connectivity index (χ2v) is 4.20. The van der Waals surface area contributed by atoms with Gasteiger partial charge >= 0.3 is 0 Å². The summed E-state index contributed by atoms with van der Waals surface area (Å²) in [4.78, 5) is 0. The summed E-state index contributed by atoms with van der Waals surface area (Å²) in [5, 5.41) is 0. The lowest BCUT2D eigenvalue weighted by Crippen LogP contribution is -2.07. The second-order valence-electron chi connectivity index (χ2n) is 3.34. The van der Waals surface area contributed by atoms with Gasteiger partial charge in [-0.25, -0.2) is 0 Å². The predicted octanol–water partition coefficient (Wildman–Crippen LogP) is 2.05. The van der Waals surface area contributed by atoms with E-state index in [2.05, 4.69) is 9.24 Å². The van der Waals surface area contributed by atoms with E-state index in [1.54, 1.807) is 6.42 Å². The minimum absolute atomic E-state index is 0.994. The monoisotopic (exact) mass is 128 g/mol. The summed E-state index contributed by atoms with van der Waals surface area (Å²) in [7, 11) is 2.99. The number of hydrogen-bond donors (Lipinski definition) is 0. The van der Waals surface area contributed by atoms with Crippen molar-refractivity contribution >= 4 is 9.24 Å². The van der Waals surface area contributed by atoms with Crippen LogP contribution in [0.3, 0.4) is 0 Å². The summed E-state index contributed by atoms with van der Waals surface area (Å²) in [6.07, 6.45) is 6.12. The Morgan fingerprint density at radius 1 is 1.12 bits per heavy atom. The fraction of sp³-hybridized carbons (Fsp3) is 1.00. The van der Waals surface area contributed by atoms with E-state index in [4.69, 9.17) is 0 Å². The van der Waals surface area contributed by atoms with Crippen LogP contribution in [0.25, 0.3) is 0 Å². The molecule has 0 saturated heterocycles. The quantitative estimate of drug-likeness (QED) is 0.438. The third-order valence-electron chi connectivity index (χ3n) is 2.79. The van der Waals surface area contributed by atoms with Crippen LogP contribution in [0.1, 0.15) is 25.7 Å². The van der Waals surface area contributed by atoms with E-state index in [0.29, 0.717) is 0 Å². The molecule has 2 aliphatic rings. The Kier molecular flexibility index (Phi) is 1.11. The molecule has 0 aromatic carbocycles. The maximum Gasteiger partial charge on any atom is -0.0233 e. The van der Waals surface area contributed by atoms with Crippen molar-refractivity contribution in [3.05, 3.63) is 0 Å². The molecule has 2 unspecified atom stereocenters. The summed E-state index contributed by atoms with van der Waals surface area (Å²) in [5.41, 5.74) is 0.994. The molecule has 0 aromatic heterocycles. The highest BCUT2D eigenvalue weighted by Crippen LogP contribution is 2.47. The first-order chi connectivity index (χ1) is 3.86. The molecule has 4 atom stereocenters. The van der Waals surface area contributed by atoms with E-state index in [-0.39, 0.29) is 0 Å². The molecule has 2 rings (SSSR count). The normalized spacial score (nSPS) is 52.9. The first-order valence-corrected chi connectivity index (χ1v) is 4.28. The van der Waals surface area contributed by atoms with Crippen molar-refractivity contribution in [3.63, 3.8) is 0 Å². The van der Waals surface area contributed by atoms with E-state index in [1.165, 1.54) is 19.3 Å². The van der Waals surface area contributed by atoms with Crippen LogP contribution in [0.15, 0.2) is 0 Å². The lowest BCUT2D eigenvalue weighted by Gasteiger charge is -2.15. The Bertz CT molecular complexity index is 98.6. The molecule has 8 heavy (non-hydrogen) atoms. The highest BCUT2D eigenvalue weighted by atomic mass is 31.0. The molecule has 0 heterocycles. The molecule has 0 radical (unpaired) electrons. The van der Waals surface area contributed by atoms with Gasteiger partial charge in [-0.1, -0.05) is 6.42 Å². The molecule has 1 heteroatoms. The van der Waals surface area contributed by atoms with Crippen LogP contribution in [0, 0.1) is 11.8 Å². The fourth-order valence-electron chi connectivity index (χ4n) is 2.29. The van der Waals surface area contributed by atoms with Gasteiger partial charge in [-0.15, -0.1) is 9.24 Å². The standard InChI is InChI=1S/C7H13P/c8-7-4-5-1-2-6(7)3-5/h5-7H,1-4,8H2/t5-,6?,7+/m1/s1. The van der Waals surface area contributed by atoms with Gasteiger partial charge in [0.25, 0.3) is 0 Å². The Morgan fingerprint density at radius 3 is 2.25 bits per heavy atom. The zero-order valence-electron chi connectivity index (χ0n) is 5.14. The molecule has 0 aromatic rings. The Balaban J connectivity index is 2.11. The Labute approximate surface area is 53.2 Å². The third kappa shape index (κ3) is 0.624. The first-order valence-electron chi connectivity index (χ1n) is 3.62. The van der Waals surface area contributed by atoms with E-state index >= 15 is 0 Å². The van der Waals surface area contributed by atoms with Crippen molar-refractivity contribution < 1.29 is 0 Å². The molecule has 0 aliphatic heterocycles. The molecule has 0 amide bonds. The lowest BCUT2D eigenvalue weighted by atomic mass is 10.0. The number of hydrogen-bond acceptors (Lipinski definition) is 0. The number of rotatable bonds is 0. The highest BCUT2D eigenvalue weighted by Gasteiger charge is 2.36.